The minimum absolute atomic E-state index is 0.0790. The van der Waals surface area contributed by atoms with Gasteiger partial charge in [0.05, 0.1) is 46.9 Å². The minimum Gasteiger partial charge on any atom is -0.491 e. The minimum atomic E-state index is -0.327. The molecule has 12 atom stereocenters. The van der Waals surface area contributed by atoms with Crippen LogP contribution in [0.25, 0.3) is 40.9 Å². The van der Waals surface area contributed by atoms with Gasteiger partial charge >= 0.3 is 0 Å². The molecule has 24 nitrogen and oxygen atoms in total. The van der Waals surface area contributed by atoms with Crippen molar-refractivity contribution in [1.29, 1.82) is 0 Å². The SMILES string of the molecule is Cc1cc(C)c2c(N)c(C(=O)N[C@H]3COc4cc(N5CC[C@@H]6CCC[C@@H]65)cc(F)c4C3)sc2n1.Cc1cc(C)c2c(N)c(C(=O)N[C@H]3COc4cc(N5CC[C@H]6CCC[C@H]65)cc(F)c4C3)sc2n1.Cc1ccc2c(N)c(C(=O)N[C@H]3COc4cc(N5CC[C@@H]6CCCC[C@@H]65)ccc4C3)sc2n1.Cc1ccc2c(N)c(C(=O)N[C@H]3COc4cc(N5CC[C@H]6CCCC[C@H]65)ccc4C3)sc2n1. The van der Waals surface area contributed by atoms with Crippen molar-refractivity contribution < 1.29 is 46.9 Å². The fourth-order valence-electron chi connectivity index (χ4n) is 24.0. The number of fused-ring (bicyclic) bond motifs is 12. The molecule has 12 N–H and O–H groups in total. The Bertz CT molecular complexity index is 6230. The number of anilines is 8. The highest BCUT2D eigenvalue weighted by Crippen LogP contribution is 2.49. The molecule has 8 aliphatic heterocycles. The van der Waals surface area contributed by atoms with Crippen LogP contribution in [0.2, 0.25) is 0 Å². The maximum atomic E-state index is 15.2. The first-order chi connectivity index (χ1) is 64.9. The molecule has 4 saturated carbocycles. The first-order valence-electron chi connectivity index (χ1n) is 48.3. The number of aryl methyl sites for hydroxylation is 6. The summed E-state index contributed by atoms with van der Waals surface area (Å²) in [5.41, 5.74) is 40.5. The summed E-state index contributed by atoms with van der Waals surface area (Å²) in [5.74, 6) is 4.94. The van der Waals surface area contributed by atoms with Gasteiger partial charge in [-0.25, -0.2) is 28.7 Å². The molecule has 134 heavy (non-hydrogen) atoms. The second-order valence-corrected chi connectivity index (χ2v) is 43.3. The first-order valence-corrected chi connectivity index (χ1v) is 51.5. The number of hydrogen-bond donors (Lipinski definition) is 8. The molecule has 12 aromatic rings. The lowest BCUT2D eigenvalue weighted by atomic mass is 9.85. The van der Waals surface area contributed by atoms with Gasteiger partial charge in [-0.15, -0.1) is 45.3 Å². The molecule has 0 unspecified atom stereocenters. The van der Waals surface area contributed by atoms with Crippen LogP contribution in [0.3, 0.4) is 0 Å². The molecular formula is C104H118F2N16O8S4. The van der Waals surface area contributed by atoms with E-state index in [1.54, 1.807) is 12.1 Å². The molecule has 700 valence electrons. The quantitative estimate of drug-likeness (QED) is 0.0563. The van der Waals surface area contributed by atoms with Crippen LogP contribution in [0.5, 0.6) is 23.0 Å². The molecule has 4 amide bonds. The van der Waals surface area contributed by atoms with E-state index < -0.39 is 0 Å². The van der Waals surface area contributed by atoms with E-state index in [0.29, 0.717) is 128 Å². The molecule has 4 aliphatic carbocycles. The third-order valence-corrected chi connectivity index (χ3v) is 34.9. The summed E-state index contributed by atoms with van der Waals surface area (Å²) in [6, 6.07) is 33.8. The van der Waals surface area contributed by atoms with Gasteiger partial charge in [-0.05, 0) is 238 Å². The Morgan fingerprint density at radius 1 is 0.343 bits per heavy atom. The lowest BCUT2D eigenvalue weighted by molar-refractivity contribution is 0.0911. The number of halogens is 2. The Kier molecular flexibility index (Phi) is 24.7. The number of pyridine rings is 4. The van der Waals surface area contributed by atoms with E-state index in [4.69, 9.17) is 41.9 Å². The Labute approximate surface area is 795 Å². The number of carbonyl (C=O) groups is 4. The Morgan fingerprint density at radius 2 is 0.657 bits per heavy atom. The van der Waals surface area contributed by atoms with Crippen LogP contribution in [0.15, 0.2) is 97.1 Å². The zero-order valence-electron chi connectivity index (χ0n) is 76.9. The molecule has 0 spiro atoms. The van der Waals surface area contributed by atoms with E-state index >= 15 is 8.78 Å². The number of nitrogens with two attached hydrogens (primary N) is 4. The van der Waals surface area contributed by atoms with Gasteiger partial charge in [0.1, 0.15) is 99.9 Å². The molecular weight excluding hydrogens is 1770 g/mol. The van der Waals surface area contributed by atoms with Crippen molar-refractivity contribution >= 4 is 155 Å². The van der Waals surface area contributed by atoms with E-state index in [2.05, 4.69) is 97.2 Å². The highest BCUT2D eigenvalue weighted by molar-refractivity contribution is 7.22. The molecule has 4 aromatic carbocycles. The number of hydrogen-bond acceptors (Lipinski definition) is 24. The predicted molar refractivity (Wildman–Crippen MR) is 534 cm³/mol. The normalized spacial score (nSPS) is 23.9. The van der Waals surface area contributed by atoms with Gasteiger partial charge in [-0.3, -0.25) is 19.2 Å². The summed E-state index contributed by atoms with van der Waals surface area (Å²) >= 11 is 5.29. The zero-order valence-corrected chi connectivity index (χ0v) is 80.2. The number of aromatic nitrogens is 4. The summed E-state index contributed by atoms with van der Waals surface area (Å²) in [4.78, 5) is 85.2. The number of benzene rings is 4. The Morgan fingerprint density at radius 3 is 1.04 bits per heavy atom. The molecule has 30 heteroatoms. The average Bonchev–Trinajstić information content (AvgIpc) is 1.68. The second kappa shape index (κ2) is 37.0. The largest absolute Gasteiger partial charge is 0.491 e. The van der Waals surface area contributed by atoms with Gasteiger partial charge in [-0.1, -0.05) is 50.7 Å². The van der Waals surface area contributed by atoms with Crippen molar-refractivity contribution in [1.82, 2.24) is 41.2 Å². The summed E-state index contributed by atoms with van der Waals surface area (Å²) < 4.78 is 54.6. The van der Waals surface area contributed by atoms with Crippen LogP contribution in [-0.4, -0.2) is 145 Å². The molecule has 16 heterocycles. The van der Waals surface area contributed by atoms with Crippen LogP contribution >= 0.6 is 45.3 Å². The maximum Gasteiger partial charge on any atom is 0.263 e. The van der Waals surface area contributed by atoms with Crippen LogP contribution in [0, 0.1) is 76.8 Å². The van der Waals surface area contributed by atoms with Gasteiger partial charge < -0.3 is 82.7 Å². The standard InChI is InChI=1S/2C26H29FN4O2S.2C26H30N4O2S/c2*1-13-8-14(2)29-26-22(13)23(28)24(34-26)25(32)30-16-9-18-19(27)10-17(11-21(18)33-12-16)31-7-6-15-4-3-5-20(15)31;2*1-15-6-9-20-23(27)24(33-26(20)28-15)25(31)29-18-12-17-7-8-19(13-22(17)32-14-18)30-11-10-16-4-2-3-5-21(16)30/h2*8,10-11,15-16,20H,3-7,9,12,28H2,1-2H3,(H,30,32);2*6-9,13,16,18,21H,2-5,10-12,14,27H2,1H3,(H,29,31)/t15-,16+,20-;15-,16-,20-;16-,18+,21-;16-,18-,21-/m0101/s1. The number of amides is 4. The summed E-state index contributed by atoms with van der Waals surface area (Å²) in [5, 5.41) is 15.6. The van der Waals surface area contributed by atoms with Gasteiger partial charge in [0.25, 0.3) is 23.6 Å². The third-order valence-electron chi connectivity index (χ3n) is 30.5. The molecule has 8 fully saturated rings. The van der Waals surface area contributed by atoms with Crippen LogP contribution in [-0.2, 0) is 25.7 Å². The topological polar surface area (TPSA) is 322 Å². The first kappa shape index (κ1) is 89.2. The average molecular weight is 1890 g/mol. The van der Waals surface area contributed by atoms with Crippen molar-refractivity contribution in [3.63, 3.8) is 0 Å². The summed E-state index contributed by atoms with van der Waals surface area (Å²) in [6.45, 7) is 17.5. The van der Waals surface area contributed by atoms with Crippen molar-refractivity contribution in [3.05, 3.63) is 184 Å². The van der Waals surface area contributed by atoms with E-state index in [-0.39, 0.29) is 59.4 Å². The van der Waals surface area contributed by atoms with Gasteiger partial charge in [0, 0.05) is 166 Å². The lowest BCUT2D eigenvalue weighted by Gasteiger charge is -2.34. The monoisotopic (exact) mass is 1880 g/mol. The van der Waals surface area contributed by atoms with Crippen LogP contribution in [0.4, 0.5) is 54.3 Å². The van der Waals surface area contributed by atoms with Gasteiger partial charge in [0.15, 0.2) is 0 Å². The van der Waals surface area contributed by atoms with Crippen molar-refractivity contribution in [2.75, 3.05) is 95.1 Å². The van der Waals surface area contributed by atoms with Gasteiger partial charge in [-0.2, -0.15) is 0 Å². The summed E-state index contributed by atoms with van der Waals surface area (Å²) in [6.07, 6.45) is 25.6. The number of ether oxygens (including phenoxy) is 4. The zero-order chi connectivity index (χ0) is 92.2. The lowest BCUT2D eigenvalue weighted by Crippen LogP contribution is -2.43. The van der Waals surface area contributed by atoms with E-state index in [0.717, 1.165) is 171 Å². The number of nitrogen functional groups attached to an aromatic ring is 4. The van der Waals surface area contributed by atoms with E-state index in [9.17, 15) is 19.2 Å². The molecule has 0 radical (unpaired) electrons. The number of nitrogens with one attached hydrogen (secondary N) is 4. The number of carbonyl (C=O) groups excluding carboxylic acids is 4. The highest BCUT2D eigenvalue weighted by Gasteiger charge is 2.44. The third kappa shape index (κ3) is 17.4. The van der Waals surface area contributed by atoms with Crippen LogP contribution in [0.1, 0.15) is 210 Å². The highest BCUT2D eigenvalue weighted by atomic mass is 32.1. The van der Waals surface area contributed by atoms with E-state index in [1.807, 2.05) is 90.1 Å². The predicted octanol–water partition coefficient (Wildman–Crippen LogP) is 18.9. The molecule has 12 aliphatic rings. The van der Waals surface area contributed by atoms with E-state index in [1.165, 1.54) is 172 Å². The molecule has 24 rings (SSSR count). The second-order valence-electron chi connectivity index (χ2n) is 39.3. The number of nitrogens with zero attached hydrogens (tertiary/aromatic N) is 8. The van der Waals surface area contributed by atoms with Crippen LogP contribution < -0.4 is 82.7 Å². The fourth-order valence-corrected chi connectivity index (χ4v) is 28.3. The smallest absolute Gasteiger partial charge is 0.263 e. The number of thiophene rings is 4. The summed E-state index contributed by atoms with van der Waals surface area (Å²) in [7, 11) is 0. The Hall–Kier alpha value is -11.3. The van der Waals surface area contributed by atoms with Crippen molar-refractivity contribution in [2.45, 2.75) is 231 Å². The Balaban J connectivity index is 0.000000107. The van der Waals surface area contributed by atoms with Gasteiger partial charge in [0.2, 0.25) is 0 Å². The molecule has 4 saturated heterocycles. The fraction of sp³-hybridized carbons (Fsp3) is 0.462. The van der Waals surface area contributed by atoms with Crippen molar-refractivity contribution in [3.8, 4) is 23.0 Å². The number of rotatable bonds is 12. The molecule has 8 aromatic heterocycles. The maximum absolute atomic E-state index is 15.2. The van der Waals surface area contributed by atoms with Crippen molar-refractivity contribution in [2.24, 2.45) is 23.7 Å². The molecule has 0 bridgehead atoms.